The molecular weight excluding hydrogens is 582 g/mol. The number of ether oxygens (including phenoxy) is 2. The maximum atomic E-state index is 13.5. The summed E-state index contributed by atoms with van der Waals surface area (Å²) in [4.78, 5) is 39.0. The van der Waals surface area contributed by atoms with Crippen molar-refractivity contribution in [3.05, 3.63) is 41.6 Å². The minimum atomic E-state index is -0.670. The van der Waals surface area contributed by atoms with Crippen LogP contribution in [0.25, 0.3) is 33.6 Å². The Morgan fingerprint density at radius 3 is 2.59 bits per heavy atom. The van der Waals surface area contributed by atoms with Gasteiger partial charge in [0.1, 0.15) is 16.9 Å². The van der Waals surface area contributed by atoms with Gasteiger partial charge in [0.05, 0.1) is 41.6 Å². The Labute approximate surface area is 270 Å². The molecule has 1 fully saturated rings. The molecule has 4 aromatic rings. The fraction of sp³-hybridized carbons (Fsp3) is 0.543. The number of rotatable bonds is 4. The van der Waals surface area contributed by atoms with Crippen LogP contribution in [0.15, 0.2) is 30.3 Å². The lowest BCUT2D eigenvalue weighted by Crippen LogP contribution is -2.46. The smallest absolute Gasteiger partial charge is 0.254 e. The minimum absolute atomic E-state index is 0.00355. The first-order valence-electron chi connectivity index (χ1n) is 16.5. The summed E-state index contributed by atoms with van der Waals surface area (Å²) in [6.07, 6.45) is 5.31. The molecule has 2 bridgehead atoms. The molecule has 3 aromatic heterocycles. The number of nitrogens with two attached hydrogens (primary N) is 1. The number of fused-ring (bicyclic) bond motifs is 2. The molecule has 0 radical (unpaired) electrons. The Morgan fingerprint density at radius 1 is 1.04 bits per heavy atom. The standard InChI is InChI=1S/C35H47N7O4/c1-21-25-14-13-22-18-27(42(31(22)38-25)16-9-7-8-12-29(46-6)35(2,3)34(44)37-21)32-39-26-17-23(19-28(45-5)30(26)40(32)4)33(43)41-15-10-11-24(36)20-41/h13-14,17-19,21,24,29H,7-12,15-16,20,36H2,1-6H3,(H,37,44)/t21-,24-,29+/m1/s1. The van der Waals surface area contributed by atoms with Crippen LogP contribution in [0.5, 0.6) is 5.75 Å². The number of nitrogens with zero attached hydrogens (tertiary/aromatic N) is 5. The molecule has 3 N–H and O–H groups in total. The van der Waals surface area contributed by atoms with Crippen molar-refractivity contribution in [2.45, 2.75) is 84.0 Å². The number of carbonyl (C=O) groups excluding carboxylic acids is 2. The van der Waals surface area contributed by atoms with E-state index in [1.54, 1.807) is 14.2 Å². The Kier molecular flexibility index (Phi) is 8.82. The van der Waals surface area contributed by atoms with E-state index < -0.39 is 5.41 Å². The summed E-state index contributed by atoms with van der Waals surface area (Å²) >= 11 is 0. The van der Waals surface area contributed by atoms with Gasteiger partial charge in [-0.2, -0.15) is 0 Å². The van der Waals surface area contributed by atoms with E-state index >= 15 is 0 Å². The first kappa shape index (κ1) is 32.0. The van der Waals surface area contributed by atoms with Gasteiger partial charge in [0.2, 0.25) is 5.91 Å². The summed E-state index contributed by atoms with van der Waals surface area (Å²) in [5.41, 5.74) is 10.2. The van der Waals surface area contributed by atoms with Crippen molar-refractivity contribution in [2.24, 2.45) is 18.2 Å². The zero-order chi connectivity index (χ0) is 32.7. The van der Waals surface area contributed by atoms with Crippen LogP contribution in [-0.2, 0) is 23.1 Å². The van der Waals surface area contributed by atoms with E-state index in [0.29, 0.717) is 29.9 Å². The number of hydrogen-bond donors (Lipinski definition) is 2. The lowest BCUT2D eigenvalue weighted by atomic mass is 9.82. The van der Waals surface area contributed by atoms with E-state index in [1.165, 1.54) is 0 Å². The second kappa shape index (κ2) is 12.7. The lowest BCUT2D eigenvalue weighted by Gasteiger charge is -2.33. The molecule has 5 heterocycles. The summed E-state index contributed by atoms with van der Waals surface area (Å²) < 4.78 is 15.9. The van der Waals surface area contributed by atoms with Crippen LogP contribution < -0.4 is 15.8 Å². The number of piperidine rings is 1. The van der Waals surface area contributed by atoms with Crippen LogP contribution in [0.2, 0.25) is 0 Å². The molecule has 3 atom stereocenters. The maximum Gasteiger partial charge on any atom is 0.254 e. The van der Waals surface area contributed by atoms with Crippen LogP contribution in [-0.4, -0.2) is 75.3 Å². The Bertz CT molecular complexity index is 1770. The van der Waals surface area contributed by atoms with Gasteiger partial charge in [-0.15, -0.1) is 0 Å². The van der Waals surface area contributed by atoms with Gasteiger partial charge in [-0.05, 0) is 76.8 Å². The second-order valence-electron chi connectivity index (χ2n) is 13.5. The monoisotopic (exact) mass is 629 g/mol. The number of carbonyl (C=O) groups is 2. The van der Waals surface area contributed by atoms with E-state index in [2.05, 4.69) is 22.0 Å². The number of amides is 2. The van der Waals surface area contributed by atoms with Crippen molar-refractivity contribution < 1.29 is 19.1 Å². The minimum Gasteiger partial charge on any atom is -0.494 e. The number of aromatic nitrogens is 4. The number of nitrogens with one attached hydrogen (secondary N) is 1. The van der Waals surface area contributed by atoms with Crippen LogP contribution >= 0.6 is 0 Å². The highest BCUT2D eigenvalue weighted by Crippen LogP contribution is 2.36. The van der Waals surface area contributed by atoms with Crippen molar-refractivity contribution in [3.8, 4) is 17.3 Å². The van der Waals surface area contributed by atoms with Crippen molar-refractivity contribution in [2.75, 3.05) is 27.3 Å². The van der Waals surface area contributed by atoms with E-state index in [1.807, 2.05) is 55.5 Å². The highest BCUT2D eigenvalue weighted by Gasteiger charge is 2.37. The SMILES string of the molecule is COc1cc(C(=O)N2CCC[C@@H](N)C2)cc2nc(-c3cc4ccc5nc4n3CCCCC[C@H](OC)C(C)(C)C(=O)N[C@@H]5C)n(C)c12. The number of aryl methyl sites for hydroxylation is 2. The van der Waals surface area contributed by atoms with Gasteiger partial charge >= 0.3 is 0 Å². The van der Waals surface area contributed by atoms with Crippen molar-refractivity contribution in [1.29, 1.82) is 0 Å². The highest BCUT2D eigenvalue weighted by molar-refractivity contribution is 6.00. The molecule has 1 aromatic carbocycles. The van der Waals surface area contributed by atoms with Crippen LogP contribution in [0.1, 0.15) is 81.4 Å². The molecule has 2 amide bonds. The third kappa shape index (κ3) is 5.75. The molecular formula is C35H47N7O4. The number of benzene rings is 1. The largest absolute Gasteiger partial charge is 0.494 e. The molecule has 2 aliphatic heterocycles. The van der Waals surface area contributed by atoms with Gasteiger partial charge in [-0.1, -0.05) is 12.8 Å². The van der Waals surface area contributed by atoms with Gasteiger partial charge in [0.15, 0.2) is 5.82 Å². The van der Waals surface area contributed by atoms with Gasteiger partial charge < -0.3 is 34.6 Å². The van der Waals surface area contributed by atoms with Gasteiger partial charge in [0, 0.05) is 50.8 Å². The fourth-order valence-electron chi connectivity index (χ4n) is 7.14. The number of hydrogen-bond acceptors (Lipinski definition) is 7. The van der Waals surface area contributed by atoms with Crippen LogP contribution in [0, 0.1) is 5.41 Å². The summed E-state index contributed by atoms with van der Waals surface area (Å²) in [6.45, 7) is 7.89. The van der Waals surface area contributed by atoms with E-state index in [9.17, 15) is 9.59 Å². The molecule has 1 saturated heterocycles. The first-order valence-corrected chi connectivity index (χ1v) is 16.5. The van der Waals surface area contributed by atoms with E-state index in [0.717, 1.165) is 78.8 Å². The summed E-state index contributed by atoms with van der Waals surface area (Å²) in [5.74, 6) is 1.26. The summed E-state index contributed by atoms with van der Waals surface area (Å²) in [6, 6.07) is 9.57. The Morgan fingerprint density at radius 2 is 1.85 bits per heavy atom. The molecule has 46 heavy (non-hydrogen) atoms. The van der Waals surface area contributed by atoms with E-state index in [-0.39, 0.29) is 30.0 Å². The molecule has 0 aliphatic carbocycles. The maximum absolute atomic E-state index is 13.5. The molecule has 11 heteroatoms. The molecule has 0 saturated carbocycles. The number of methoxy groups -OCH3 is 2. The molecule has 246 valence electrons. The molecule has 6 rings (SSSR count). The Hall–Kier alpha value is -3.96. The van der Waals surface area contributed by atoms with Gasteiger partial charge in [-0.25, -0.2) is 9.97 Å². The summed E-state index contributed by atoms with van der Waals surface area (Å²) in [7, 11) is 5.29. The predicted octanol–water partition coefficient (Wildman–Crippen LogP) is 4.95. The van der Waals surface area contributed by atoms with E-state index in [4.69, 9.17) is 25.2 Å². The lowest BCUT2D eigenvalue weighted by molar-refractivity contribution is -0.138. The normalized spacial score (nSPS) is 22.6. The quantitative estimate of drug-likeness (QED) is 0.327. The number of likely N-dealkylation sites (tertiary alicyclic amines) is 1. The highest BCUT2D eigenvalue weighted by atomic mass is 16.5. The second-order valence-corrected chi connectivity index (χ2v) is 13.5. The summed E-state index contributed by atoms with van der Waals surface area (Å²) in [5, 5.41) is 4.19. The van der Waals surface area contributed by atoms with Gasteiger partial charge in [-0.3, -0.25) is 9.59 Å². The average molecular weight is 630 g/mol. The topological polar surface area (TPSA) is 130 Å². The average Bonchev–Trinajstić information content (AvgIpc) is 3.57. The fourth-order valence-corrected chi connectivity index (χ4v) is 7.14. The van der Waals surface area contributed by atoms with Crippen molar-refractivity contribution in [3.63, 3.8) is 0 Å². The van der Waals surface area contributed by atoms with Crippen molar-refractivity contribution in [1.82, 2.24) is 29.3 Å². The molecule has 0 unspecified atom stereocenters. The zero-order valence-electron chi connectivity index (χ0n) is 27.9. The third-order valence-corrected chi connectivity index (χ3v) is 9.95. The molecule has 11 nitrogen and oxygen atoms in total. The number of imidazole rings is 1. The zero-order valence-corrected chi connectivity index (χ0v) is 27.9. The Balaban J connectivity index is 1.43. The van der Waals surface area contributed by atoms with Gasteiger partial charge in [0.25, 0.3) is 5.91 Å². The van der Waals surface area contributed by atoms with Crippen LogP contribution in [0.4, 0.5) is 0 Å². The molecule has 2 aliphatic rings. The number of pyridine rings is 1. The van der Waals surface area contributed by atoms with Crippen molar-refractivity contribution >= 4 is 33.9 Å². The molecule has 0 spiro atoms. The first-order chi connectivity index (χ1) is 22.0. The van der Waals surface area contributed by atoms with Crippen LogP contribution in [0.3, 0.4) is 0 Å². The predicted molar refractivity (Wildman–Crippen MR) is 179 cm³/mol. The third-order valence-electron chi connectivity index (χ3n) is 9.95.